The highest BCUT2D eigenvalue weighted by atomic mass is 79.9. The molecule has 0 aliphatic carbocycles. The van der Waals surface area contributed by atoms with Gasteiger partial charge in [0, 0.05) is 11.4 Å². The Labute approximate surface area is 111 Å². The van der Waals surface area contributed by atoms with Crippen LogP contribution in [0, 0.1) is 11.3 Å². The fourth-order valence-corrected chi connectivity index (χ4v) is 2.83. The van der Waals surface area contributed by atoms with E-state index in [1.165, 1.54) is 11.1 Å². The van der Waals surface area contributed by atoms with Crippen LogP contribution in [0.15, 0.2) is 28.2 Å². The Morgan fingerprint density at radius 1 is 1.41 bits per heavy atom. The Kier molecular flexibility index (Phi) is 4.07. The molecule has 4 nitrogen and oxygen atoms in total. The van der Waals surface area contributed by atoms with Crippen LogP contribution in [0.1, 0.15) is 10.4 Å². The van der Waals surface area contributed by atoms with E-state index in [0.717, 1.165) is 16.8 Å². The van der Waals surface area contributed by atoms with Gasteiger partial charge in [0.05, 0.1) is 15.5 Å². The largest absolute Gasteiger partial charge is 0.367 e. The fourth-order valence-electron chi connectivity index (χ4n) is 1.34. The number of nitriles is 1. The monoisotopic (exact) mass is 308 g/mol. The predicted octanol–water partition coefficient (Wildman–Crippen LogP) is 2.83. The van der Waals surface area contributed by atoms with Crippen molar-refractivity contribution in [1.82, 2.24) is 10.2 Å². The van der Waals surface area contributed by atoms with Crippen LogP contribution < -0.4 is 5.32 Å². The van der Waals surface area contributed by atoms with Gasteiger partial charge in [0.2, 0.25) is 0 Å². The van der Waals surface area contributed by atoms with Gasteiger partial charge in [-0.05, 0) is 40.5 Å². The molecule has 0 aliphatic rings. The van der Waals surface area contributed by atoms with E-state index in [4.69, 9.17) is 5.26 Å². The van der Waals surface area contributed by atoms with Gasteiger partial charge in [0.25, 0.3) is 0 Å². The highest BCUT2D eigenvalue weighted by molar-refractivity contribution is 9.11. The van der Waals surface area contributed by atoms with Crippen LogP contribution in [0.3, 0.4) is 0 Å². The molecule has 0 amide bonds. The van der Waals surface area contributed by atoms with Gasteiger partial charge >= 0.3 is 0 Å². The summed E-state index contributed by atoms with van der Waals surface area (Å²) in [7, 11) is 0. The topological polar surface area (TPSA) is 61.6 Å². The quantitative estimate of drug-likeness (QED) is 0.943. The van der Waals surface area contributed by atoms with Gasteiger partial charge in [0.1, 0.15) is 6.07 Å². The van der Waals surface area contributed by atoms with Gasteiger partial charge in [-0.2, -0.15) is 10.4 Å². The summed E-state index contributed by atoms with van der Waals surface area (Å²) in [6, 6.07) is 7.84. The molecule has 0 radical (unpaired) electrons. The maximum atomic E-state index is 8.88. The van der Waals surface area contributed by atoms with Gasteiger partial charge in [-0.3, -0.25) is 0 Å². The molecule has 0 atom stereocenters. The molecule has 2 aromatic rings. The third kappa shape index (κ3) is 3.25. The summed E-state index contributed by atoms with van der Waals surface area (Å²) in [5, 5.41) is 19.6. The molecule has 2 heterocycles. The van der Waals surface area contributed by atoms with E-state index >= 15 is 0 Å². The summed E-state index contributed by atoms with van der Waals surface area (Å²) in [6.45, 7) is 0.736. The molecule has 0 spiro atoms. The van der Waals surface area contributed by atoms with Crippen molar-refractivity contribution in [3.05, 3.63) is 38.6 Å². The lowest BCUT2D eigenvalue weighted by atomic mass is 10.3. The lowest BCUT2D eigenvalue weighted by molar-refractivity contribution is 0.972. The summed E-state index contributed by atoms with van der Waals surface area (Å²) in [4.78, 5) is 1.28. The molecule has 0 saturated heterocycles. The number of thiophene rings is 1. The SMILES string of the molecule is N#Cc1ccnnc1NCCc1ccc(Br)s1. The van der Waals surface area contributed by atoms with Gasteiger partial charge in [-0.1, -0.05) is 0 Å². The zero-order valence-electron chi connectivity index (χ0n) is 8.85. The molecule has 0 saturated carbocycles. The Hall–Kier alpha value is -1.45. The summed E-state index contributed by atoms with van der Waals surface area (Å²) in [6.07, 6.45) is 2.41. The Balaban J connectivity index is 1.92. The number of hydrogen-bond donors (Lipinski definition) is 1. The van der Waals surface area contributed by atoms with E-state index in [0.29, 0.717) is 11.4 Å². The molecule has 2 aromatic heterocycles. The van der Waals surface area contributed by atoms with Crippen molar-refractivity contribution in [3.63, 3.8) is 0 Å². The van der Waals surface area contributed by atoms with Crippen molar-refractivity contribution < 1.29 is 0 Å². The first-order chi connectivity index (χ1) is 8.29. The molecule has 86 valence electrons. The van der Waals surface area contributed by atoms with E-state index in [1.54, 1.807) is 17.4 Å². The Morgan fingerprint density at radius 3 is 3.00 bits per heavy atom. The minimum Gasteiger partial charge on any atom is -0.367 e. The van der Waals surface area contributed by atoms with Crippen LogP contribution in [0.25, 0.3) is 0 Å². The van der Waals surface area contributed by atoms with Crippen LogP contribution in [-0.2, 0) is 6.42 Å². The van der Waals surface area contributed by atoms with E-state index < -0.39 is 0 Å². The molecule has 0 aliphatic heterocycles. The van der Waals surface area contributed by atoms with Crippen molar-refractivity contribution in [2.24, 2.45) is 0 Å². The number of aromatic nitrogens is 2. The summed E-state index contributed by atoms with van der Waals surface area (Å²) < 4.78 is 1.13. The third-order valence-corrected chi connectivity index (χ3v) is 3.82. The highest BCUT2D eigenvalue weighted by Gasteiger charge is 2.03. The van der Waals surface area contributed by atoms with Crippen LogP contribution in [-0.4, -0.2) is 16.7 Å². The average molecular weight is 309 g/mol. The smallest absolute Gasteiger partial charge is 0.166 e. The van der Waals surface area contributed by atoms with E-state index in [2.05, 4.69) is 43.6 Å². The third-order valence-electron chi connectivity index (χ3n) is 2.13. The first-order valence-corrected chi connectivity index (χ1v) is 6.60. The standard InChI is InChI=1S/C11H9BrN4S/c12-10-2-1-9(17-10)4-5-14-11-8(7-13)3-6-15-16-11/h1-3,6H,4-5H2,(H,14,16). The highest BCUT2D eigenvalue weighted by Crippen LogP contribution is 2.22. The van der Waals surface area contributed by atoms with Gasteiger partial charge < -0.3 is 5.32 Å². The van der Waals surface area contributed by atoms with Gasteiger partial charge in [-0.25, -0.2) is 0 Å². The predicted molar refractivity (Wildman–Crippen MR) is 71.0 cm³/mol. The number of nitrogens with one attached hydrogen (secondary N) is 1. The number of rotatable bonds is 4. The summed E-state index contributed by atoms with van der Waals surface area (Å²) in [5.41, 5.74) is 0.521. The van der Waals surface area contributed by atoms with Crippen molar-refractivity contribution in [3.8, 4) is 6.07 Å². The van der Waals surface area contributed by atoms with Crippen molar-refractivity contribution in [1.29, 1.82) is 5.26 Å². The number of nitrogens with zero attached hydrogens (tertiary/aromatic N) is 3. The summed E-state index contributed by atoms with van der Waals surface area (Å²) in [5.74, 6) is 0.547. The summed E-state index contributed by atoms with van der Waals surface area (Å²) >= 11 is 5.13. The molecule has 6 heteroatoms. The molecular formula is C11H9BrN4S. The molecule has 0 fully saturated rings. The minimum absolute atomic E-state index is 0.521. The zero-order valence-corrected chi connectivity index (χ0v) is 11.3. The lowest BCUT2D eigenvalue weighted by Crippen LogP contribution is -2.07. The molecule has 0 bridgehead atoms. The molecular weight excluding hydrogens is 300 g/mol. The second kappa shape index (κ2) is 5.75. The second-order valence-electron chi connectivity index (χ2n) is 3.29. The zero-order chi connectivity index (χ0) is 12.1. The molecule has 0 aromatic carbocycles. The van der Waals surface area contributed by atoms with E-state index in [1.807, 2.05) is 6.07 Å². The normalized spacial score (nSPS) is 9.88. The maximum absolute atomic E-state index is 8.88. The minimum atomic E-state index is 0.521. The number of hydrogen-bond acceptors (Lipinski definition) is 5. The Morgan fingerprint density at radius 2 is 2.29 bits per heavy atom. The first kappa shape index (κ1) is 12.0. The van der Waals surface area contributed by atoms with Crippen molar-refractivity contribution >= 4 is 33.1 Å². The van der Waals surface area contributed by atoms with Crippen molar-refractivity contribution in [2.45, 2.75) is 6.42 Å². The van der Waals surface area contributed by atoms with Gasteiger partial charge in [-0.15, -0.1) is 16.4 Å². The number of anilines is 1. The van der Waals surface area contributed by atoms with E-state index in [-0.39, 0.29) is 0 Å². The van der Waals surface area contributed by atoms with Gasteiger partial charge in [0.15, 0.2) is 5.82 Å². The van der Waals surface area contributed by atoms with E-state index in [9.17, 15) is 0 Å². The molecule has 1 N–H and O–H groups in total. The second-order valence-corrected chi connectivity index (χ2v) is 5.84. The molecule has 2 rings (SSSR count). The van der Waals surface area contributed by atoms with Crippen LogP contribution in [0.2, 0.25) is 0 Å². The Bertz CT molecular complexity index is 546. The molecule has 0 unspecified atom stereocenters. The maximum Gasteiger partial charge on any atom is 0.166 e. The van der Waals surface area contributed by atoms with Crippen LogP contribution >= 0.6 is 27.3 Å². The van der Waals surface area contributed by atoms with Crippen molar-refractivity contribution in [2.75, 3.05) is 11.9 Å². The van der Waals surface area contributed by atoms with Crippen LogP contribution in [0.5, 0.6) is 0 Å². The first-order valence-electron chi connectivity index (χ1n) is 4.99. The molecule has 17 heavy (non-hydrogen) atoms. The average Bonchev–Trinajstić information content (AvgIpc) is 2.76. The van der Waals surface area contributed by atoms with Crippen LogP contribution in [0.4, 0.5) is 5.82 Å². The fraction of sp³-hybridized carbons (Fsp3) is 0.182. The number of halogens is 1. The lowest BCUT2D eigenvalue weighted by Gasteiger charge is -2.04.